The first kappa shape index (κ1) is 15.8. The van der Waals surface area contributed by atoms with Crippen LogP contribution < -0.4 is 4.74 Å². The second kappa shape index (κ2) is 7.00. The molecule has 0 atom stereocenters. The lowest BCUT2D eigenvalue weighted by Gasteiger charge is -2.13. The van der Waals surface area contributed by atoms with Gasteiger partial charge >= 0.3 is 0 Å². The summed E-state index contributed by atoms with van der Waals surface area (Å²) in [6, 6.07) is 8.96. The van der Waals surface area contributed by atoms with E-state index < -0.39 is 0 Å². The van der Waals surface area contributed by atoms with Crippen LogP contribution in [0.25, 0.3) is 0 Å². The van der Waals surface area contributed by atoms with E-state index in [1.165, 1.54) is 0 Å². The van der Waals surface area contributed by atoms with Gasteiger partial charge in [0.05, 0.1) is 4.47 Å². The zero-order valence-electron chi connectivity index (χ0n) is 12.5. The van der Waals surface area contributed by atoms with E-state index in [9.17, 15) is 9.59 Å². The standard InChI is InChI=1S/C17H17BrN2O3/c18-13-5-1-2-6-16(13)23-11-15(21)12-9-14(19-10-12)17(22)20-7-3-4-8-20/h1-2,5-6,9-10,19H,3-4,7-8,11H2. The van der Waals surface area contributed by atoms with Crippen LogP contribution in [0.5, 0.6) is 5.75 Å². The van der Waals surface area contributed by atoms with Gasteiger partial charge in [-0.25, -0.2) is 0 Å². The van der Waals surface area contributed by atoms with E-state index in [0.29, 0.717) is 17.0 Å². The maximum absolute atomic E-state index is 12.3. The molecule has 1 saturated heterocycles. The molecule has 0 spiro atoms. The van der Waals surface area contributed by atoms with E-state index in [2.05, 4.69) is 20.9 Å². The van der Waals surface area contributed by atoms with Crippen LogP contribution in [0.4, 0.5) is 0 Å². The molecule has 1 aromatic carbocycles. The number of carbonyl (C=O) groups is 2. The van der Waals surface area contributed by atoms with Crippen LogP contribution in [-0.2, 0) is 0 Å². The van der Waals surface area contributed by atoms with Crippen molar-refractivity contribution in [2.45, 2.75) is 12.8 Å². The van der Waals surface area contributed by atoms with Crippen LogP contribution in [0.1, 0.15) is 33.7 Å². The number of amides is 1. The fourth-order valence-electron chi connectivity index (χ4n) is 2.56. The monoisotopic (exact) mass is 376 g/mol. The third-order valence-electron chi connectivity index (χ3n) is 3.82. The summed E-state index contributed by atoms with van der Waals surface area (Å²) in [6.45, 7) is 1.50. The maximum Gasteiger partial charge on any atom is 0.270 e. The predicted molar refractivity (Wildman–Crippen MR) is 89.9 cm³/mol. The molecule has 1 fully saturated rings. The van der Waals surface area contributed by atoms with E-state index in [1.807, 2.05) is 18.2 Å². The quantitative estimate of drug-likeness (QED) is 0.814. The van der Waals surface area contributed by atoms with E-state index in [4.69, 9.17) is 4.74 Å². The number of nitrogens with one attached hydrogen (secondary N) is 1. The second-order valence-electron chi connectivity index (χ2n) is 5.44. The number of H-pyrrole nitrogens is 1. The highest BCUT2D eigenvalue weighted by Gasteiger charge is 2.21. The second-order valence-corrected chi connectivity index (χ2v) is 6.30. The molecule has 0 unspecified atom stereocenters. The number of benzene rings is 1. The molecule has 1 aliphatic heterocycles. The van der Waals surface area contributed by atoms with E-state index >= 15 is 0 Å². The zero-order valence-corrected chi connectivity index (χ0v) is 14.1. The number of halogens is 1. The first-order valence-corrected chi connectivity index (χ1v) is 8.32. The zero-order chi connectivity index (χ0) is 16.2. The summed E-state index contributed by atoms with van der Waals surface area (Å²) in [7, 11) is 0. The SMILES string of the molecule is O=C(COc1ccccc1Br)c1c[nH]c(C(=O)N2CCCC2)c1. The molecule has 0 radical (unpaired) electrons. The predicted octanol–water partition coefficient (Wildman–Crippen LogP) is 3.27. The summed E-state index contributed by atoms with van der Waals surface area (Å²) in [5.74, 6) is 0.399. The molecule has 2 heterocycles. The number of aromatic amines is 1. The minimum absolute atomic E-state index is 0.0479. The van der Waals surface area contributed by atoms with Crippen LogP contribution in [0.2, 0.25) is 0 Å². The number of rotatable bonds is 5. The van der Waals surface area contributed by atoms with Gasteiger partial charge in [-0.15, -0.1) is 0 Å². The molecule has 0 aliphatic carbocycles. The maximum atomic E-state index is 12.3. The van der Waals surface area contributed by atoms with Crippen LogP contribution >= 0.6 is 15.9 Å². The smallest absolute Gasteiger partial charge is 0.270 e. The van der Waals surface area contributed by atoms with Crippen LogP contribution in [0.15, 0.2) is 41.0 Å². The molecule has 6 heteroatoms. The molecular weight excluding hydrogens is 360 g/mol. The van der Waals surface area contributed by atoms with Gasteiger partial charge in [0.15, 0.2) is 6.61 Å². The van der Waals surface area contributed by atoms with Gasteiger partial charge in [0, 0.05) is 24.8 Å². The normalized spacial score (nSPS) is 14.0. The number of para-hydroxylation sites is 1. The van der Waals surface area contributed by atoms with Crippen molar-refractivity contribution in [1.29, 1.82) is 0 Å². The summed E-state index contributed by atoms with van der Waals surface area (Å²) in [6.07, 6.45) is 3.64. The number of likely N-dealkylation sites (tertiary alicyclic amines) is 1. The van der Waals surface area contributed by atoms with Crippen LogP contribution in [-0.4, -0.2) is 41.3 Å². The Kier molecular flexibility index (Phi) is 4.81. The number of Topliss-reactive ketones (excluding diaryl/α,β-unsaturated/α-hetero) is 1. The molecule has 2 aromatic rings. The van der Waals surface area contributed by atoms with Gasteiger partial charge in [0.2, 0.25) is 5.78 Å². The van der Waals surface area contributed by atoms with Gasteiger partial charge in [-0.1, -0.05) is 12.1 Å². The number of aromatic nitrogens is 1. The number of ketones is 1. The molecule has 1 aromatic heterocycles. The number of nitrogens with zero attached hydrogens (tertiary/aromatic N) is 1. The van der Waals surface area contributed by atoms with Crippen LogP contribution in [0, 0.1) is 0 Å². The van der Waals surface area contributed by atoms with Crippen molar-refractivity contribution in [2.75, 3.05) is 19.7 Å². The number of carbonyl (C=O) groups excluding carboxylic acids is 2. The van der Waals surface area contributed by atoms with Gasteiger partial charge < -0.3 is 14.6 Å². The third kappa shape index (κ3) is 3.64. The average Bonchev–Trinajstić information content (AvgIpc) is 3.24. The Hall–Kier alpha value is -2.08. The Balaban J connectivity index is 1.62. The summed E-state index contributed by atoms with van der Waals surface area (Å²) in [5.41, 5.74) is 0.913. The molecule has 23 heavy (non-hydrogen) atoms. The molecule has 0 saturated carbocycles. The van der Waals surface area contributed by atoms with Crippen molar-refractivity contribution >= 4 is 27.6 Å². The van der Waals surface area contributed by atoms with Gasteiger partial charge in [-0.2, -0.15) is 0 Å². The van der Waals surface area contributed by atoms with Gasteiger partial charge in [0.25, 0.3) is 5.91 Å². The molecule has 5 nitrogen and oxygen atoms in total. The highest BCUT2D eigenvalue weighted by molar-refractivity contribution is 9.10. The first-order valence-electron chi connectivity index (χ1n) is 7.53. The first-order chi connectivity index (χ1) is 11.1. The van der Waals surface area contributed by atoms with Crippen molar-refractivity contribution in [1.82, 2.24) is 9.88 Å². The fourth-order valence-corrected chi connectivity index (χ4v) is 2.96. The summed E-state index contributed by atoms with van der Waals surface area (Å²) >= 11 is 3.37. The molecule has 3 rings (SSSR count). The van der Waals surface area contributed by atoms with E-state index in [1.54, 1.807) is 23.2 Å². The van der Waals surface area contributed by atoms with Gasteiger partial charge in [-0.3, -0.25) is 9.59 Å². The lowest BCUT2D eigenvalue weighted by Crippen LogP contribution is -2.27. The van der Waals surface area contributed by atoms with Crippen molar-refractivity contribution < 1.29 is 14.3 Å². The summed E-state index contributed by atoms with van der Waals surface area (Å²) in [5, 5.41) is 0. The third-order valence-corrected chi connectivity index (χ3v) is 4.48. The molecule has 120 valence electrons. The van der Waals surface area contributed by atoms with Crippen molar-refractivity contribution in [3.05, 3.63) is 52.3 Å². The Morgan fingerprint density at radius 2 is 1.96 bits per heavy atom. The van der Waals surface area contributed by atoms with E-state index in [-0.39, 0.29) is 18.3 Å². The molecular formula is C17H17BrN2O3. The Morgan fingerprint density at radius 1 is 1.22 bits per heavy atom. The Morgan fingerprint density at radius 3 is 2.70 bits per heavy atom. The molecule has 0 bridgehead atoms. The number of hydrogen-bond acceptors (Lipinski definition) is 3. The molecule has 1 N–H and O–H groups in total. The highest BCUT2D eigenvalue weighted by atomic mass is 79.9. The topological polar surface area (TPSA) is 62.4 Å². The largest absolute Gasteiger partial charge is 0.484 e. The summed E-state index contributed by atoms with van der Waals surface area (Å²) < 4.78 is 6.31. The fraction of sp³-hybridized carbons (Fsp3) is 0.294. The van der Waals surface area contributed by atoms with Gasteiger partial charge in [0.1, 0.15) is 11.4 Å². The van der Waals surface area contributed by atoms with Crippen molar-refractivity contribution in [3.8, 4) is 5.75 Å². The van der Waals surface area contributed by atoms with Crippen molar-refractivity contribution in [2.24, 2.45) is 0 Å². The Labute approximate surface area is 142 Å². The van der Waals surface area contributed by atoms with Gasteiger partial charge in [-0.05, 0) is 47.0 Å². The van der Waals surface area contributed by atoms with E-state index in [0.717, 1.165) is 30.4 Å². The molecule has 1 aliphatic rings. The number of hydrogen-bond donors (Lipinski definition) is 1. The average molecular weight is 377 g/mol. The van der Waals surface area contributed by atoms with Crippen LogP contribution in [0.3, 0.4) is 0 Å². The highest BCUT2D eigenvalue weighted by Crippen LogP contribution is 2.24. The minimum atomic E-state index is -0.169. The lowest BCUT2D eigenvalue weighted by atomic mass is 10.2. The Bertz CT molecular complexity index is 720. The minimum Gasteiger partial charge on any atom is -0.484 e. The molecule has 1 amide bonds. The lowest BCUT2D eigenvalue weighted by molar-refractivity contribution is 0.0787. The van der Waals surface area contributed by atoms with Crippen molar-refractivity contribution in [3.63, 3.8) is 0 Å². The number of ether oxygens (including phenoxy) is 1. The summed E-state index contributed by atoms with van der Waals surface area (Å²) in [4.78, 5) is 29.2.